The third-order valence-electron chi connectivity index (χ3n) is 9.29. The van der Waals surface area contributed by atoms with E-state index < -0.39 is 17.7 Å². The number of hydrogen-bond donors (Lipinski definition) is 2. The predicted octanol–water partition coefficient (Wildman–Crippen LogP) is 4.40. The van der Waals surface area contributed by atoms with Crippen molar-refractivity contribution in [2.24, 2.45) is 23.5 Å². The lowest BCUT2D eigenvalue weighted by Crippen LogP contribution is -2.60. The molecule has 0 spiro atoms. The Morgan fingerprint density at radius 3 is 2.15 bits per heavy atom. The van der Waals surface area contributed by atoms with Gasteiger partial charge in [0.1, 0.15) is 0 Å². The number of aliphatic hydroxyl groups is 1. The number of allylic oxidation sites excluding steroid dienone is 2. The lowest BCUT2D eigenvalue weighted by molar-refractivity contribution is -0.242. The van der Waals surface area contributed by atoms with Crippen molar-refractivity contribution in [1.82, 2.24) is 9.80 Å². The fourth-order valence-electron chi connectivity index (χ4n) is 6.65. The van der Waals surface area contributed by atoms with Gasteiger partial charge in [0.15, 0.2) is 0 Å². The molecule has 0 saturated carbocycles. The largest absolute Gasteiger partial charge is 0.430 e. The zero-order chi connectivity index (χ0) is 29.4. The summed E-state index contributed by atoms with van der Waals surface area (Å²) < 4.78 is 42.0. The number of rotatable bonds is 6. The van der Waals surface area contributed by atoms with Gasteiger partial charge in [-0.1, -0.05) is 29.8 Å². The van der Waals surface area contributed by atoms with Crippen LogP contribution in [0.2, 0.25) is 5.02 Å². The third-order valence-corrected chi connectivity index (χ3v) is 9.60. The van der Waals surface area contributed by atoms with Crippen molar-refractivity contribution in [3.63, 3.8) is 0 Å². The second kappa shape index (κ2) is 12.0. The molecule has 1 aromatic carbocycles. The SMILES string of the molecule is NCC1CN(C(=O)c2ccc(N3CCC(C4CCN(C(=O)[C@](O)(C5=CCCC=C5)C(F)(F)F)CC4)CC3)cc2Cl)C1. The number of alkyl halides is 3. The number of benzene rings is 1. The molecule has 7 nitrogen and oxygen atoms in total. The minimum atomic E-state index is -5.10. The number of carbonyl (C=O) groups is 2. The van der Waals surface area contributed by atoms with E-state index in [2.05, 4.69) is 4.90 Å². The van der Waals surface area contributed by atoms with Gasteiger partial charge in [0.2, 0.25) is 0 Å². The van der Waals surface area contributed by atoms with Crippen molar-refractivity contribution in [1.29, 1.82) is 0 Å². The average molecular weight is 595 g/mol. The predicted molar refractivity (Wildman–Crippen MR) is 152 cm³/mol. The maximum Gasteiger partial charge on any atom is 0.430 e. The molecule has 3 saturated heterocycles. The third kappa shape index (κ3) is 5.88. The van der Waals surface area contributed by atoms with E-state index in [1.165, 1.54) is 17.1 Å². The molecule has 3 N–H and O–H groups in total. The number of piperidine rings is 2. The standard InChI is InChI=1S/C30H38ClF3N4O3/c31-26-16-24(6-7-25(26)27(39)38-18-20(17-35)19-38)36-12-8-21(9-13-36)22-10-14-37(15-11-22)28(40)29(41,30(32,33)34)23-4-2-1-3-5-23/h2,4-7,16,20-22,41H,1,3,8-15,17-19,35H2/t29-/m1/s1. The highest BCUT2D eigenvalue weighted by molar-refractivity contribution is 6.34. The Morgan fingerprint density at radius 2 is 1.61 bits per heavy atom. The zero-order valence-corrected chi connectivity index (χ0v) is 23.8. The van der Waals surface area contributed by atoms with Crippen LogP contribution in [-0.2, 0) is 4.79 Å². The molecular weight excluding hydrogens is 557 g/mol. The highest BCUT2D eigenvalue weighted by Crippen LogP contribution is 2.41. The van der Waals surface area contributed by atoms with E-state index in [9.17, 15) is 27.9 Å². The van der Waals surface area contributed by atoms with Crippen LogP contribution in [0.25, 0.3) is 0 Å². The minimum Gasteiger partial charge on any atom is -0.371 e. The average Bonchev–Trinajstić information content (AvgIpc) is 2.95. The fourth-order valence-corrected chi connectivity index (χ4v) is 6.91. The van der Waals surface area contributed by atoms with E-state index in [-0.39, 0.29) is 24.6 Å². The van der Waals surface area contributed by atoms with Crippen molar-refractivity contribution >= 4 is 29.1 Å². The summed E-state index contributed by atoms with van der Waals surface area (Å²) >= 11 is 6.51. The highest BCUT2D eigenvalue weighted by atomic mass is 35.5. The van der Waals surface area contributed by atoms with E-state index >= 15 is 0 Å². The Hall–Kier alpha value is -2.56. The first-order valence-electron chi connectivity index (χ1n) is 14.5. The van der Waals surface area contributed by atoms with Gasteiger partial charge in [0.05, 0.1) is 10.6 Å². The van der Waals surface area contributed by atoms with Crippen LogP contribution in [0.5, 0.6) is 0 Å². The topological polar surface area (TPSA) is 90.1 Å². The van der Waals surface area contributed by atoms with E-state index in [0.717, 1.165) is 31.6 Å². The van der Waals surface area contributed by atoms with Gasteiger partial charge < -0.3 is 25.5 Å². The molecule has 224 valence electrons. The number of likely N-dealkylation sites (tertiary alicyclic amines) is 2. The summed E-state index contributed by atoms with van der Waals surface area (Å²) in [6, 6.07) is 5.57. The van der Waals surface area contributed by atoms with Crippen LogP contribution >= 0.6 is 11.6 Å². The summed E-state index contributed by atoms with van der Waals surface area (Å²) in [5.41, 5.74) is 3.23. The summed E-state index contributed by atoms with van der Waals surface area (Å²) in [7, 11) is 0. The number of carbonyl (C=O) groups excluding carboxylic acids is 2. The van der Waals surface area contributed by atoms with Crippen molar-refractivity contribution < 1.29 is 27.9 Å². The van der Waals surface area contributed by atoms with Gasteiger partial charge in [-0.3, -0.25) is 9.59 Å². The molecule has 41 heavy (non-hydrogen) atoms. The van der Waals surface area contributed by atoms with Crippen LogP contribution in [0.15, 0.2) is 42.0 Å². The second-order valence-corrected chi connectivity index (χ2v) is 12.2. The number of hydrogen-bond acceptors (Lipinski definition) is 5. The van der Waals surface area contributed by atoms with E-state index in [1.807, 2.05) is 12.1 Å². The van der Waals surface area contributed by atoms with Crippen molar-refractivity contribution in [3.05, 3.63) is 52.6 Å². The molecule has 3 aliphatic heterocycles. The highest BCUT2D eigenvalue weighted by Gasteiger charge is 2.62. The molecule has 1 atom stereocenters. The van der Waals surface area contributed by atoms with Crippen LogP contribution in [0.4, 0.5) is 18.9 Å². The maximum absolute atomic E-state index is 14.0. The number of amides is 2. The molecule has 0 unspecified atom stereocenters. The van der Waals surface area contributed by atoms with Gasteiger partial charge in [-0.25, -0.2) is 0 Å². The lowest BCUT2D eigenvalue weighted by atomic mass is 9.78. The van der Waals surface area contributed by atoms with Gasteiger partial charge in [-0.15, -0.1) is 0 Å². The summed E-state index contributed by atoms with van der Waals surface area (Å²) in [5.74, 6) is -0.275. The van der Waals surface area contributed by atoms with Crippen molar-refractivity contribution in [2.45, 2.75) is 50.3 Å². The molecule has 3 fully saturated rings. The molecule has 3 heterocycles. The van der Waals surface area contributed by atoms with Crippen LogP contribution < -0.4 is 10.6 Å². The summed E-state index contributed by atoms with van der Waals surface area (Å²) in [5, 5.41) is 11.1. The van der Waals surface area contributed by atoms with E-state index in [4.69, 9.17) is 17.3 Å². The molecular formula is C30H38ClF3N4O3. The minimum absolute atomic E-state index is 0.0737. The van der Waals surface area contributed by atoms with Crippen molar-refractivity contribution in [2.75, 3.05) is 50.7 Å². The van der Waals surface area contributed by atoms with Crippen LogP contribution in [-0.4, -0.2) is 84.3 Å². The monoisotopic (exact) mass is 594 g/mol. The lowest BCUT2D eigenvalue weighted by Gasteiger charge is -2.43. The Morgan fingerprint density at radius 1 is 0.976 bits per heavy atom. The van der Waals surface area contributed by atoms with Crippen molar-refractivity contribution in [3.8, 4) is 0 Å². The van der Waals surface area contributed by atoms with Crippen LogP contribution in [0.1, 0.15) is 48.9 Å². The normalized spacial score (nSPS) is 22.8. The molecule has 1 aliphatic carbocycles. The van der Waals surface area contributed by atoms with Gasteiger partial charge >= 0.3 is 6.18 Å². The fraction of sp³-hybridized carbons (Fsp3) is 0.600. The van der Waals surface area contributed by atoms with Gasteiger partial charge in [-0.05, 0) is 80.7 Å². The molecule has 5 rings (SSSR count). The summed E-state index contributed by atoms with van der Waals surface area (Å²) in [6.07, 6.45) is 3.02. The number of anilines is 1. The van der Waals surface area contributed by atoms with Gasteiger partial charge in [-0.2, -0.15) is 13.2 Å². The second-order valence-electron chi connectivity index (χ2n) is 11.8. The quantitative estimate of drug-likeness (QED) is 0.510. The molecule has 0 bridgehead atoms. The molecule has 11 heteroatoms. The molecule has 1 aromatic rings. The van der Waals surface area contributed by atoms with Gasteiger partial charge in [0.25, 0.3) is 17.4 Å². The molecule has 0 radical (unpaired) electrons. The Kier molecular flexibility index (Phi) is 8.74. The summed E-state index contributed by atoms with van der Waals surface area (Å²) in [4.78, 5) is 31.0. The molecule has 4 aliphatic rings. The number of nitrogens with zero attached hydrogens (tertiary/aromatic N) is 3. The Balaban J connectivity index is 1.14. The van der Waals surface area contributed by atoms with Crippen LogP contribution in [0, 0.1) is 17.8 Å². The molecule has 2 amide bonds. The first-order valence-corrected chi connectivity index (χ1v) is 14.9. The zero-order valence-electron chi connectivity index (χ0n) is 23.1. The number of halogens is 4. The van der Waals surface area contributed by atoms with E-state index in [1.54, 1.807) is 17.0 Å². The maximum atomic E-state index is 14.0. The molecule has 0 aromatic heterocycles. The smallest absolute Gasteiger partial charge is 0.371 e. The van der Waals surface area contributed by atoms with E-state index in [0.29, 0.717) is 73.7 Å². The summed E-state index contributed by atoms with van der Waals surface area (Å²) in [6.45, 7) is 3.92. The number of nitrogens with two attached hydrogens (primary N) is 1. The Bertz CT molecular complexity index is 1200. The van der Waals surface area contributed by atoms with Gasteiger partial charge in [0, 0.05) is 50.9 Å². The Labute approximate surface area is 243 Å². The first kappa shape index (κ1) is 29.9. The first-order chi connectivity index (χ1) is 19.5. The van der Waals surface area contributed by atoms with Crippen LogP contribution in [0.3, 0.4) is 0 Å².